The number of phenols is 1. The van der Waals surface area contributed by atoms with Gasteiger partial charge in [-0.15, -0.1) is 0 Å². The monoisotopic (exact) mass is 276 g/mol. The van der Waals surface area contributed by atoms with Gasteiger partial charge in [0, 0.05) is 5.41 Å². The molecule has 6 heteroatoms. The van der Waals surface area contributed by atoms with E-state index in [2.05, 4.69) is 15.3 Å². The fraction of sp³-hybridized carbons (Fsp3) is 0.308. The van der Waals surface area contributed by atoms with Crippen LogP contribution >= 0.6 is 12.2 Å². The van der Waals surface area contributed by atoms with Crippen molar-refractivity contribution in [3.05, 3.63) is 40.4 Å². The summed E-state index contributed by atoms with van der Waals surface area (Å²) in [6.07, 6.45) is 1.68. The van der Waals surface area contributed by atoms with Crippen LogP contribution in [0.4, 0.5) is 0 Å². The van der Waals surface area contributed by atoms with Crippen molar-refractivity contribution in [1.82, 2.24) is 14.9 Å². The predicted octanol–water partition coefficient (Wildman–Crippen LogP) is 2.83. The minimum Gasteiger partial charge on any atom is -0.508 e. The molecular weight excluding hydrogens is 260 g/mol. The van der Waals surface area contributed by atoms with Crippen LogP contribution in [0, 0.1) is 4.77 Å². The molecule has 0 spiro atoms. The van der Waals surface area contributed by atoms with E-state index in [-0.39, 0.29) is 11.2 Å². The molecule has 2 aromatic rings. The van der Waals surface area contributed by atoms with E-state index in [1.54, 1.807) is 35.2 Å². The molecule has 1 aromatic carbocycles. The van der Waals surface area contributed by atoms with Crippen LogP contribution in [0.25, 0.3) is 0 Å². The molecular formula is C13H16N4OS. The third kappa shape index (κ3) is 3.08. The zero-order valence-electron chi connectivity index (χ0n) is 11.1. The molecule has 2 N–H and O–H groups in total. The molecule has 0 atom stereocenters. The van der Waals surface area contributed by atoms with Crippen molar-refractivity contribution in [3.63, 3.8) is 0 Å². The number of hydrogen-bond acceptors (Lipinski definition) is 4. The predicted molar refractivity (Wildman–Crippen MR) is 77.2 cm³/mol. The maximum Gasteiger partial charge on any atom is 0.216 e. The molecule has 0 unspecified atom stereocenters. The average Bonchev–Trinajstić information content (AvgIpc) is 2.70. The molecule has 0 saturated carbocycles. The van der Waals surface area contributed by atoms with Crippen LogP contribution in [0.5, 0.6) is 5.75 Å². The Morgan fingerprint density at radius 3 is 2.53 bits per heavy atom. The van der Waals surface area contributed by atoms with Gasteiger partial charge in [-0.05, 0) is 42.0 Å². The molecule has 0 aliphatic heterocycles. The zero-order chi connectivity index (χ0) is 14.0. The molecule has 2 rings (SSSR count). The molecule has 0 saturated heterocycles. The van der Waals surface area contributed by atoms with E-state index in [1.807, 2.05) is 20.8 Å². The highest BCUT2D eigenvalue weighted by molar-refractivity contribution is 7.71. The summed E-state index contributed by atoms with van der Waals surface area (Å²) >= 11 is 5.17. The number of nitrogens with zero attached hydrogens (tertiary/aromatic N) is 3. The van der Waals surface area contributed by atoms with Crippen molar-refractivity contribution >= 4 is 18.4 Å². The Morgan fingerprint density at radius 2 is 1.95 bits per heavy atom. The lowest BCUT2D eigenvalue weighted by atomic mass is 9.96. The highest BCUT2D eigenvalue weighted by Crippen LogP contribution is 2.19. The summed E-state index contributed by atoms with van der Waals surface area (Å²) in [7, 11) is 0. The van der Waals surface area contributed by atoms with Gasteiger partial charge in [-0.3, -0.25) is 5.10 Å². The van der Waals surface area contributed by atoms with E-state index in [4.69, 9.17) is 12.2 Å². The second-order valence-corrected chi connectivity index (χ2v) is 5.64. The van der Waals surface area contributed by atoms with Crippen molar-refractivity contribution in [2.75, 3.05) is 0 Å². The average molecular weight is 276 g/mol. The number of hydrogen-bond donors (Lipinski definition) is 2. The Balaban J connectivity index is 2.36. The van der Waals surface area contributed by atoms with Crippen LogP contribution < -0.4 is 0 Å². The fourth-order valence-electron chi connectivity index (χ4n) is 1.57. The molecule has 0 fully saturated rings. The zero-order valence-corrected chi connectivity index (χ0v) is 11.9. The van der Waals surface area contributed by atoms with Crippen LogP contribution in [0.3, 0.4) is 0 Å². The quantitative estimate of drug-likeness (QED) is 0.654. The second kappa shape index (κ2) is 4.97. The number of aromatic nitrogens is 3. The van der Waals surface area contributed by atoms with Gasteiger partial charge in [0.15, 0.2) is 5.82 Å². The van der Waals surface area contributed by atoms with Gasteiger partial charge in [0.25, 0.3) is 0 Å². The van der Waals surface area contributed by atoms with Gasteiger partial charge >= 0.3 is 0 Å². The normalized spacial score (nSPS) is 12.2. The first kappa shape index (κ1) is 13.5. The SMILES string of the molecule is CC(C)(C)c1n[nH]c(=S)n1/N=C/c1ccc(O)cc1. The van der Waals surface area contributed by atoms with Gasteiger partial charge < -0.3 is 5.11 Å². The van der Waals surface area contributed by atoms with Crippen LogP contribution in [-0.2, 0) is 5.41 Å². The third-order valence-corrected chi connectivity index (χ3v) is 2.80. The summed E-state index contributed by atoms with van der Waals surface area (Å²) in [6.45, 7) is 6.14. The van der Waals surface area contributed by atoms with Gasteiger partial charge in [0.1, 0.15) is 5.75 Å². The lowest BCUT2D eigenvalue weighted by molar-refractivity contribution is 0.475. The number of nitrogens with one attached hydrogen (secondary N) is 1. The summed E-state index contributed by atoms with van der Waals surface area (Å²) < 4.78 is 2.07. The molecule has 1 aromatic heterocycles. The largest absolute Gasteiger partial charge is 0.508 e. The molecule has 0 bridgehead atoms. The van der Waals surface area contributed by atoms with Crippen molar-refractivity contribution in [2.24, 2.45) is 5.10 Å². The molecule has 0 aliphatic carbocycles. The minimum absolute atomic E-state index is 0.153. The Morgan fingerprint density at radius 1 is 1.32 bits per heavy atom. The second-order valence-electron chi connectivity index (χ2n) is 5.25. The maximum atomic E-state index is 9.22. The van der Waals surface area contributed by atoms with E-state index in [9.17, 15) is 5.11 Å². The fourth-order valence-corrected chi connectivity index (χ4v) is 1.75. The summed E-state index contributed by atoms with van der Waals surface area (Å²) in [6, 6.07) is 6.78. The Hall–Kier alpha value is -1.95. The van der Waals surface area contributed by atoms with Crippen LogP contribution in [0.1, 0.15) is 32.2 Å². The molecule has 0 aliphatic rings. The number of aromatic amines is 1. The summed E-state index contributed by atoms with van der Waals surface area (Å²) in [5, 5.41) is 20.5. The van der Waals surface area contributed by atoms with Crippen LogP contribution in [-0.4, -0.2) is 26.2 Å². The molecule has 19 heavy (non-hydrogen) atoms. The number of aromatic hydroxyl groups is 1. The Bertz CT molecular complexity index is 647. The third-order valence-electron chi connectivity index (χ3n) is 2.54. The van der Waals surface area contributed by atoms with Gasteiger partial charge in [0.05, 0.1) is 6.21 Å². The molecule has 1 heterocycles. The van der Waals surface area contributed by atoms with Crippen LogP contribution in [0.2, 0.25) is 0 Å². The first-order chi connectivity index (χ1) is 8.88. The van der Waals surface area contributed by atoms with Crippen molar-refractivity contribution < 1.29 is 5.11 Å². The lowest BCUT2D eigenvalue weighted by Crippen LogP contribution is -2.17. The van der Waals surface area contributed by atoms with Crippen molar-refractivity contribution in [1.29, 1.82) is 0 Å². The molecule has 0 radical (unpaired) electrons. The first-order valence-corrected chi connectivity index (χ1v) is 6.30. The smallest absolute Gasteiger partial charge is 0.216 e. The van der Waals surface area contributed by atoms with E-state index in [1.165, 1.54) is 0 Å². The number of benzene rings is 1. The van der Waals surface area contributed by atoms with Gasteiger partial charge in [0.2, 0.25) is 4.77 Å². The van der Waals surface area contributed by atoms with E-state index < -0.39 is 0 Å². The highest BCUT2D eigenvalue weighted by Gasteiger charge is 2.21. The lowest BCUT2D eigenvalue weighted by Gasteiger charge is -2.15. The Kier molecular flexibility index (Phi) is 3.53. The van der Waals surface area contributed by atoms with Crippen molar-refractivity contribution in [3.8, 4) is 5.75 Å². The standard InChI is InChI=1S/C13H16N4OS/c1-13(2,3)11-15-16-12(19)17(11)14-8-9-4-6-10(18)7-5-9/h4-8,18H,1-3H3,(H,16,19)/b14-8+. The maximum absolute atomic E-state index is 9.22. The van der Waals surface area contributed by atoms with Gasteiger partial charge in [-0.25, -0.2) is 0 Å². The summed E-state index contributed by atoms with van der Waals surface area (Å²) in [4.78, 5) is 0. The topological polar surface area (TPSA) is 66.2 Å². The van der Waals surface area contributed by atoms with Gasteiger partial charge in [-0.1, -0.05) is 20.8 Å². The summed E-state index contributed by atoms with van der Waals surface area (Å²) in [5.74, 6) is 1.000. The van der Waals surface area contributed by atoms with E-state index >= 15 is 0 Å². The molecule has 5 nitrogen and oxygen atoms in total. The van der Waals surface area contributed by atoms with E-state index in [0.717, 1.165) is 11.4 Å². The Labute approximate surface area is 116 Å². The van der Waals surface area contributed by atoms with Crippen molar-refractivity contribution in [2.45, 2.75) is 26.2 Å². The minimum atomic E-state index is -0.153. The van der Waals surface area contributed by atoms with Gasteiger partial charge in [-0.2, -0.15) is 14.9 Å². The van der Waals surface area contributed by atoms with E-state index in [0.29, 0.717) is 4.77 Å². The van der Waals surface area contributed by atoms with Crippen LogP contribution in [0.15, 0.2) is 29.4 Å². The first-order valence-electron chi connectivity index (χ1n) is 5.89. The number of phenolic OH excluding ortho intramolecular Hbond substituents is 1. The highest BCUT2D eigenvalue weighted by atomic mass is 32.1. The summed E-state index contributed by atoms with van der Waals surface area (Å²) in [5.41, 5.74) is 0.723. The number of H-pyrrole nitrogens is 1. The molecule has 0 amide bonds. The molecule has 100 valence electrons. The number of rotatable bonds is 2.